The van der Waals surface area contributed by atoms with Crippen molar-refractivity contribution in [3.63, 3.8) is 0 Å². The molecule has 0 aliphatic rings. The fraction of sp³-hybridized carbons (Fsp3) is 1.00. The fourth-order valence-electron chi connectivity index (χ4n) is 1.54. The number of nitrogens with one attached hydrogen (secondary N) is 1. The summed E-state index contributed by atoms with van der Waals surface area (Å²) in [6.45, 7) is 9.55. The van der Waals surface area contributed by atoms with Crippen LogP contribution in [-0.4, -0.2) is 23.8 Å². The molecule has 0 heterocycles. The minimum atomic E-state index is -0.177. The van der Waals surface area contributed by atoms with Gasteiger partial charge in [-0.25, -0.2) is 0 Å². The lowest BCUT2D eigenvalue weighted by Crippen LogP contribution is -2.32. The Morgan fingerprint density at radius 3 is 2.21 bits per heavy atom. The molecule has 0 saturated carbocycles. The summed E-state index contributed by atoms with van der Waals surface area (Å²) in [6, 6.07) is 0.628. The third-order valence-electron chi connectivity index (χ3n) is 2.87. The highest BCUT2D eigenvalue weighted by atomic mass is 16.3. The molecular formula is C12H27NO. The van der Waals surface area contributed by atoms with E-state index in [1.54, 1.807) is 0 Å². The van der Waals surface area contributed by atoms with Crippen LogP contribution in [0.15, 0.2) is 0 Å². The standard InChI is InChI=1S/C12H27NO/c1-5-10(3)9-12(6-2)13-8-7-11(4)14/h10-14H,5-9H2,1-4H3/t10-,11-,12-/m1/s1. The van der Waals surface area contributed by atoms with Gasteiger partial charge in [0, 0.05) is 6.04 Å². The van der Waals surface area contributed by atoms with Crippen molar-refractivity contribution in [2.75, 3.05) is 6.54 Å². The van der Waals surface area contributed by atoms with Crippen molar-refractivity contribution in [2.45, 2.75) is 65.5 Å². The predicted molar refractivity (Wildman–Crippen MR) is 62.5 cm³/mol. The zero-order valence-corrected chi connectivity index (χ0v) is 10.2. The Balaban J connectivity index is 3.57. The largest absolute Gasteiger partial charge is 0.393 e. The summed E-state index contributed by atoms with van der Waals surface area (Å²) in [6.07, 6.45) is 4.38. The van der Waals surface area contributed by atoms with E-state index in [0.29, 0.717) is 6.04 Å². The van der Waals surface area contributed by atoms with E-state index < -0.39 is 0 Å². The number of aliphatic hydroxyl groups is 1. The predicted octanol–water partition coefficient (Wildman–Crippen LogP) is 2.56. The first kappa shape index (κ1) is 13.9. The van der Waals surface area contributed by atoms with Crippen LogP contribution in [0, 0.1) is 5.92 Å². The molecule has 0 aromatic rings. The number of hydrogen-bond donors (Lipinski definition) is 2. The second-order valence-corrected chi connectivity index (χ2v) is 4.45. The highest BCUT2D eigenvalue weighted by Crippen LogP contribution is 2.11. The molecule has 2 heteroatoms. The molecule has 2 nitrogen and oxygen atoms in total. The van der Waals surface area contributed by atoms with E-state index in [0.717, 1.165) is 18.9 Å². The molecule has 0 aromatic heterocycles. The van der Waals surface area contributed by atoms with Gasteiger partial charge in [0.15, 0.2) is 0 Å². The van der Waals surface area contributed by atoms with Gasteiger partial charge in [0.25, 0.3) is 0 Å². The molecule has 0 spiro atoms. The molecule has 2 N–H and O–H groups in total. The van der Waals surface area contributed by atoms with E-state index in [-0.39, 0.29) is 6.10 Å². The van der Waals surface area contributed by atoms with Gasteiger partial charge in [-0.2, -0.15) is 0 Å². The number of aliphatic hydroxyl groups excluding tert-OH is 1. The molecule has 0 bridgehead atoms. The summed E-state index contributed by atoms with van der Waals surface area (Å²) in [5.41, 5.74) is 0. The molecule has 0 aliphatic carbocycles. The summed E-state index contributed by atoms with van der Waals surface area (Å²) >= 11 is 0. The van der Waals surface area contributed by atoms with Crippen molar-refractivity contribution in [3.8, 4) is 0 Å². The van der Waals surface area contributed by atoms with Crippen molar-refractivity contribution in [3.05, 3.63) is 0 Å². The summed E-state index contributed by atoms with van der Waals surface area (Å²) in [7, 11) is 0. The van der Waals surface area contributed by atoms with Crippen LogP contribution >= 0.6 is 0 Å². The van der Waals surface area contributed by atoms with Crippen molar-refractivity contribution >= 4 is 0 Å². The van der Waals surface area contributed by atoms with Gasteiger partial charge in [-0.1, -0.05) is 27.2 Å². The lowest BCUT2D eigenvalue weighted by molar-refractivity contribution is 0.181. The van der Waals surface area contributed by atoms with Gasteiger partial charge >= 0.3 is 0 Å². The maximum absolute atomic E-state index is 9.13. The van der Waals surface area contributed by atoms with Gasteiger partial charge in [-0.3, -0.25) is 0 Å². The van der Waals surface area contributed by atoms with E-state index in [2.05, 4.69) is 26.1 Å². The topological polar surface area (TPSA) is 32.3 Å². The van der Waals surface area contributed by atoms with Gasteiger partial charge < -0.3 is 10.4 Å². The normalized spacial score (nSPS) is 17.8. The SMILES string of the molecule is CC[C@@H](C)C[C@@H](CC)NCC[C@@H](C)O. The molecule has 3 atom stereocenters. The third-order valence-corrected chi connectivity index (χ3v) is 2.87. The summed E-state index contributed by atoms with van der Waals surface area (Å²) in [5.74, 6) is 0.805. The molecule has 0 fully saturated rings. The molecule has 0 radical (unpaired) electrons. The molecular weight excluding hydrogens is 174 g/mol. The van der Waals surface area contributed by atoms with E-state index in [4.69, 9.17) is 5.11 Å². The Morgan fingerprint density at radius 1 is 1.14 bits per heavy atom. The van der Waals surface area contributed by atoms with Crippen molar-refractivity contribution < 1.29 is 5.11 Å². The highest BCUT2D eigenvalue weighted by molar-refractivity contribution is 4.68. The minimum absolute atomic E-state index is 0.177. The Morgan fingerprint density at radius 2 is 1.79 bits per heavy atom. The Kier molecular flexibility index (Phi) is 8.20. The second kappa shape index (κ2) is 8.25. The average molecular weight is 201 g/mol. The zero-order chi connectivity index (χ0) is 11.0. The van der Waals surface area contributed by atoms with Gasteiger partial charge in [0.1, 0.15) is 0 Å². The van der Waals surface area contributed by atoms with E-state index in [1.807, 2.05) is 6.92 Å². The first-order valence-electron chi connectivity index (χ1n) is 6.01. The third kappa shape index (κ3) is 7.34. The zero-order valence-electron chi connectivity index (χ0n) is 10.2. The van der Waals surface area contributed by atoms with Gasteiger partial charge in [-0.15, -0.1) is 0 Å². The number of hydrogen-bond acceptors (Lipinski definition) is 2. The number of rotatable bonds is 8. The Labute approximate surface area is 89.1 Å². The van der Waals surface area contributed by atoms with Crippen LogP contribution in [0.3, 0.4) is 0 Å². The molecule has 0 saturated heterocycles. The lowest BCUT2D eigenvalue weighted by atomic mass is 9.98. The monoisotopic (exact) mass is 201 g/mol. The summed E-state index contributed by atoms with van der Waals surface area (Å²) in [5, 5.41) is 12.6. The Bertz CT molecular complexity index is 125. The molecule has 0 unspecified atom stereocenters. The van der Waals surface area contributed by atoms with Crippen LogP contribution in [0.2, 0.25) is 0 Å². The van der Waals surface area contributed by atoms with Crippen molar-refractivity contribution in [2.24, 2.45) is 5.92 Å². The van der Waals surface area contributed by atoms with E-state index >= 15 is 0 Å². The van der Waals surface area contributed by atoms with Crippen molar-refractivity contribution in [1.82, 2.24) is 5.32 Å². The smallest absolute Gasteiger partial charge is 0.0524 e. The molecule has 14 heavy (non-hydrogen) atoms. The molecule has 0 rings (SSSR count). The van der Waals surface area contributed by atoms with Crippen LogP contribution in [0.5, 0.6) is 0 Å². The van der Waals surface area contributed by atoms with Crippen LogP contribution in [0.25, 0.3) is 0 Å². The van der Waals surface area contributed by atoms with Crippen LogP contribution in [0.1, 0.15) is 53.4 Å². The quantitative estimate of drug-likeness (QED) is 0.632. The van der Waals surface area contributed by atoms with Gasteiger partial charge in [-0.05, 0) is 38.6 Å². The molecule has 0 aliphatic heterocycles. The molecule has 86 valence electrons. The van der Waals surface area contributed by atoms with Gasteiger partial charge in [0.05, 0.1) is 6.10 Å². The molecule has 0 amide bonds. The average Bonchev–Trinajstić information content (AvgIpc) is 2.15. The minimum Gasteiger partial charge on any atom is -0.393 e. The van der Waals surface area contributed by atoms with E-state index in [1.165, 1.54) is 19.3 Å². The highest BCUT2D eigenvalue weighted by Gasteiger charge is 2.09. The van der Waals surface area contributed by atoms with Gasteiger partial charge in [0.2, 0.25) is 0 Å². The maximum Gasteiger partial charge on any atom is 0.0524 e. The molecule has 0 aromatic carbocycles. The summed E-state index contributed by atoms with van der Waals surface area (Å²) < 4.78 is 0. The maximum atomic E-state index is 9.13. The lowest BCUT2D eigenvalue weighted by Gasteiger charge is -2.20. The van der Waals surface area contributed by atoms with Crippen LogP contribution < -0.4 is 5.32 Å². The van der Waals surface area contributed by atoms with E-state index in [9.17, 15) is 0 Å². The Hall–Kier alpha value is -0.0800. The first-order valence-corrected chi connectivity index (χ1v) is 6.01. The van der Waals surface area contributed by atoms with Crippen molar-refractivity contribution in [1.29, 1.82) is 0 Å². The summed E-state index contributed by atoms with van der Waals surface area (Å²) in [4.78, 5) is 0. The van der Waals surface area contributed by atoms with Crippen LogP contribution in [0.4, 0.5) is 0 Å². The van der Waals surface area contributed by atoms with Crippen LogP contribution in [-0.2, 0) is 0 Å². The fourth-order valence-corrected chi connectivity index (χ4v) is 1.54. The second-order valence-electron chi connectivity index (χ2n) is 4.45. The first-order chi connectivity index (χ1) is 6.60.